The molecule has 0 aromatic heterocycles. The first-order valence-electron chi connectivity index (χ1n) is 5.67. The van der Waals surface area contributed by atoms with Gasteiger partial charge in [0.15, 0.2) is 0 Å². The second-order valence-corrected chi connectivity index (χ2v) is 4.35. The van der Waals surface area contributed by atoms with Gasteiger partial charge in [0, 0.05) is 5.69 Å². The van der Waals surface area contributed by atoms with Crippen LogP contribution in [0.1, 0.15) is 16.7 Å². The Bertz CT molecular complexity index is 506. The van der Waals surface area contributed by atoms with Gasteiger partial charge in [-0.2, -0.15) is 0 Å². The minimum atomic E-state index is 0.744. The van der Waals surface area contributed by atoms with Crippen LogP contribution < -0.4 is 10.5 Å². The number of anilines is 1. The molecule has 2 rings (SSSR count). The van der Waals surface area contributed by atoms with Gasteiger partial charge < -0.3 is 10.5 Å². The fourth-order valence-corrected chi connectivity index (χ4v) is 1.73. The predicted octanol–water partition coefficient (Wildman–Crippen LogP) is 3.99. The summed E-state index contributed by atoms with van der Waals surface area (Å²) in [6.45, 7) is 6.31. The number of nitrogens with two attached hydrogens (primary N) is 1. The van der Waals surface area contributed by atoms with Crippen molar-refractivity contribution in [2.75, 3.05) is 5.73 Å². The standard InChI is InChI=1S/C15H17NO/c1-10-8-15(9-11(2)12(10)3)17-14-6-4-13(16)5-7-14/h4-9H,16H2,1-3H3. The summed E-state index contributed by atoms with van der Waals surface area (Å²) in [7, 11) is 0. The molecule has 0 bridgehead atoms. The number of benzene rings is 2. The number of ether oxygens (including phenoxy) is 1. The number of aryl methyl sites for hydroxylation is 2. The summed E-state index contributed by atoms with van der Waals surface area (Å²) < 4.78 is 5.79. The first-order valence-corrected chi connectivity index (χ1v) is 5.67. The Kier molecular flexibility index (Phi) is 3.05. The van der Waals surface area contributed by atoms with Gasteiger partial charge in [0.05, 0.1) is 0 Å². The Morgan fingerprint density at radius 1 is 0.824 bits per heavy atom. The van der Waals surface area contributed by atoms with E-state index in [1.54, 1.807) is 0 Å². The van der Waals surface area contributed by atoms with E-state index in [2.05, 4.69) is 32.9 Å². The molecule has 0 atom stereocenters. The highest BCUT2D eigenvalue weighted by Crippen LogP contribution is 2.26. The molecule has 0 saturated heterocycles. The molecule has 0 fully saturated rings. The maximum absolute atomic E-state index is 5.79. The molecule has 0 heterocycles. The molecule has 2 aromatic carbocycles. The maximum atomic E-state index is 5.79. The van der Waals surface area contributed by atoms with E-state index < -0.39 is 0 Å². The van der Waals surface area contributed by atoms with Gasteiger partial charge in [-0.15, -0.1) is 0 Å². The molecular formula is C15H17NO. The zero-order valence-corrected chi connectivity index (χ0v) is 10.4. The lowest BCUT2D eigenvalue weighted by Crippen LogP contribution is -1.91. The van der Waals surface area contributed by atoms with Crippen LogP contribution in [0.3, 0.4) is 0 Å². The lowest BCUT2D eigenvalue weighted by atomic mass is 10.0. The highest BCUT2D eigenvalue weighted by atomic mass is 16.5. The number of rotatable bonds is 2. The van der Waals surface area contributed by atoms with Crippen molar-refractivity contribution in [2.24, 2.45) is 0 Å². The van der Waals surface area contributed by atoms with Gasteiger partial charge in [0.25, 0.3) is 0 Å². The van der Waals surface area contributed by atoms with Crippen LogP contribution in [0.15, 0.2) is 36.4 Å². The molecule has 2 N–H and O–H groups in total. The van der Waals surface area contributed by atoms with Gasteiger partial charge in [0.1, 0.15) is 11.5 Å². The smallest absolute Gasteiger partial charge is 0.127 e. The number of nitrogen functional groups attached to an aromatic ring is 1. The van der Waals surface area contributed by atoms with Crippen LogP contribution in [0, 0.1) is 20.8 Å². The topological polar surface area (TPSA) is 35.2 Å². The van der Waals surface area contributed by atoms with E-state index in [0.717, 1.165) is 17.2 Å². The van der Waals surface area contributed by atoms with Gasteiger partial charge in [0.2, 0.25) is 0 Å². The minimum absolute atomic E-state index is 0.744. The van der Waals surface area contributed by atoms with Gasteiger partial charge in [-0.05, 0) is 73.9 Å². The average Bonchev–Trinajstić information content (AvgIpc) is 2.29. The van der Waals surface area contributed by atoms with Gasteiger partial charge in [-0.25, -0.2) is 0 Å². The van der Waals surface area contributed by atoms with Crippen LogP contribution in [-0.2, 0) is 0 Å². The van der Waals surface area contributed by atoms with Crippen molar-refractivity contribution in [2.45, 2.75) is 20.8 Å². The Hall–Kier alpha value is -1.96. The monoisotopic (exact) mass is 227 g/mol. The van der Waals surface area contributed by atoms with Crippen LogP contribution in [-0.4, -0.2) is 0 Å². The summed E-state index contributed by atoms with van der Waals surface area (Å²) in [5.41, 5.74) is 10.2. The lowest BCUT2D eigenvalue weighted by Gasteiger charge is -2.10. The largest absolute Gasteiger partial charge is 0.457 e. The molecule has 0 radical (unpaired) electrons. The lowest BCUT2D eigenvalue weighted by molar-refractivity contribution is 0.482. The molecule has 0 spiro atoms. The van der Waals surface area contributed by atoms with Crippen LogP contribution in [0.25, 0.3) is 0 Å². The van der Waals surface area contributed by atoms with E-state index in [1.807, 2.05) is 24.3 Å². The molecule has 0 aliphatic heterocycles. The molecule has 2 heteroatoms. The Balaban J connectivity index is 2.27. The fourth-order valence-electron chi connectivity index (χ4n) is 1.73. The summed E-state index contributed by atoms with van der Waals surface area (Å²) in [4.78, 5) is 0. The summed E-state index contributed by atoms with van der Waals surface area (Å²) in [6.07, 6.45) is 0. The first kappa shape index (κ1) is 11.5. The van der Waals surface area contributed by atoms with Crippen LogP contribution in [0.2, 0.25) is 0 Å². The van der Waals surface area contributed by atoms with Crippen molar-refractivity contribution in [3.63, 3.8) is 0 Å². The maximum Gasteiger partial charge on any atom is 0.127 e. The molecule has 88 valence electrons. The highest BCUT2D eigenvalue weighted by molar-refractivity contribution is 5.45. The van der Waals surface area contributed by atoms with E-state index in [4.69, 9.17) is 10.5 Å². The van der Waals surface area contributed by atoms with Crippen LogP contribution in [0.4, 0.5) is 5.69 Å². The molecule has 2 aromatic rings. The Labute approximate surface area is 102 Å². The summed E-state index contributed by atoms with van der Waals surface area (Å²) in [6, 6.07) is 11.5. The molecule has 0 unspecified atom stereocenters. The van der Waals surface area contributed by atoms with E-state index in [0.29, 0.717) is 0 Å². The summed E-state index contributed by atoms with van der Waals surface area (Å²) in [5, 5.41) is 0. The zero-order chi connectivity index (χ0) is 12.4. The SMILES string of the molecule is Cc1cc(Oc2ccc(N)cc2)cc(C)c1C. The Morgan fingerprint density at radius 2 is 1.35 bits per heavy atom. The Morgan fingerprint density at radius 3 is 1.88 bits per heavy atom. The average molecular weight is 227 g/mol. The zero-order valence-electron chi connectivity index (χ0n) is 10.4. The van der Waals surface area contributed by atoms with Crippen LogP contribution in [0.5, 0.6) is 11.5 Å². The third kappa shape index (κ3) is 2.59. The van der Waals surface area contributed by atoms with Crippen molar-refractivity contribution in [1.29, 1.82) is 0 Å². The second-order valence-electron chi connectivity index (χ2n) is 4.35. The van der Waals surface area contributed by atoms with Crippen molar-refractivity contribution in [3.05, 3.63) is 53.1 Å². The molecule has 17 heavy (non-hydrogen) atoms. The molecular weight excluding hydrogens is 210 g/mol. The second kappa shape index (κ2) is 4.50. The van der Waals surface area contributed by atoms with Gasteiger partial charge in [-0.1, -0.05) is 0 Å². The van der Waals surface area contributed by atoms with Gasteiger partial charge in [-0.3, -0.25) is 0 Å². The van der Waals surface area contributed by atoms with Crippen LogP contribution >= 0.6 is 0 Å². The third-order valence-electron chi connectivity index (χ3n) is 3.02. The van der Waals surface area contributed by atoms with E-state index in [9.17, 15) is 0 Å². The van der Waals surface area contributed by atoms with Crippen molar-refractivity contribution < 1.29 is 4.74 Å². The number of hydrogen-bond acceptors (Lipinski definition) is 2. The van der Waals surface area contributed by atoms with Crippen molar-refractivity contribution in [1.82, 2.24) is 0 Å². The molecule has 0 aliphatic rings. The predicted molar refractivity (Wildman–Crippen MR) is 71.6 cm³/mol. The molecule has 0 saturated carbocycles. The summed E-state index contributed by atoms with van der Waals surface area (Å²) in [5.74, 6) is 1.68. The molecule has 0 aliphatic carbocycles. The van der Waals surface area contributed by atoms with E-state index in [1.165, 1.54) is 16.7 Å². The van der Waals surface area contributed by atoms with Gasteiger partial charge >= 0.3 is 0 Å². The number of hydrogen-bond donors (Lipinski definition) is 1. The summed E-state index contributed by atoms with van der Waals surface area (Å²) >= 11 is 0. The molecule has 2 nitrogen and oxygen atoms in total. The molecule has 0 amide bonds. The fraction of sp³-hybridized carbons (Fsp3) is 0.200. The minimum Gasteiger partial charge on any atom is -0.457 e. The van der Waals surface area contributed by atoms with E-state index in [-0.39, 0.29) is 0 Å². The third-order valence-corrected chi connectivity index (χ3v) is 3.02. The normalized spacial score (nSPS) is 10.3. The first-order chi connectivity index (χ1) is 8.06. The highest BCUT2D eigenvalue weighted by Gasteiger charge is 2.03. The van der Waals surface area contributed by atoms with Crippen molar-refractivity contribution >= 4 is 5.69 Å². The quantitative estimate of drug-likeness (QED) is 0.787. The van der Waals surface area contributed by atoms with Crippen molar-refractivity contribution in [3.8, 4) is 11.5 Å². The van der Waals surface area contributed by atoms with E-state index >= 15 is 0 Å².